The fraction of sp³-hybridized carbons (Fsp3) is 0.167. The Morgan fingerprint density at radius 1 is 1.00 bits per heavy atom. The number of aromatic nitrogens is 3. The summed E-state index contributed by atoms with van der Waals surface area (Å²) in [6, 6.07) is 15.4. The minimum atomic E-state index is 0.0127. The summed E-state index contributed by atoms with van der Waals surface area (Å²) in [6.45, 7) is 1.14. The molecule has 0 unspecified atom stereocenters. The molecule has 24 heavy (non-hydrogen) atoms. The van der Waals surface area contributed by atoms with Gasteiger partial charge in [-0.1, -0.05) is 30.3 Å². The standard InChI is InChI=1S/C18H19N5O/c24-18(12-15-6-2-1-3-7-15)20-9-8-19-16-13-17(22-14-21-16)23-10-4-5-11-23/h1-7,10-11,13-14H,8-9,12H2,(H,20,24)(H,19,21,22). The van der Waals surface area contributed by atoms with Crippen molar-refractivity contribution in [3.05, 3.63) is 72.8 Å². The number of carbonyl (C=O) groups excluding carboxylic acids is 1. The highest BCUT2D eigenvalue weighted by Crippen LogP contribution is 2.08. The van der Waals surface area contributed by atoms with Crippen LogP contribution in [0.15, 0.2) is 67.3 Å². The first-order valence-electron chi connectivity index (χ1n) is 7.81. The van der Waals surface area contributed by atoms with E-state index in [1.54, 1.807) is 0 Å². The molecule has 0 bridgehead atoms. The van der Waals surface area contributed by atoms with Crippen molar-refractivity contribution >= 4 is 11.7 Å². The summed E-state index contributed by atoms with van der Waals surface area (Å²) in [4.78, 5) is 20.3. The van der Waals surface area contributed by atoms with Crippen LogP contribution in [0.5, 0.6) is 0 Å². The first-order chi connectivity index (χ1) is 11.8. The summed E-state index contributed by atoms with van der Waals surface area (Å²) in [5.74, 6) is 1.54. The Bertz CT molecular complexity index is 771. The molecule has 122 valence electrons. The number of hydrogen-bond donors (Lipinski definition) is 2. The molecule has 0 saturated heterocycles. The Balaban J connectivity index is 1.43. The van der Waals surface area contributed by atoms with Gasteiger partial charge in [-0.15, -0.1) is 0 Å². The molecule has 0 radical (unpaired) electrons. The molecule has 2 aromatic heterocycles. The smallest absolute Gasteiger partial charge is 0.224 e. The van der Waals surface area contributed by atoms with Gasteiger partial charge in [-0.3, -0.25) is 4.79 Å². The molecule has 0 aliphatic rings. The number of anilines is 1. The highest BCUT2D eigenvalue weighted by atomic mass is 16.1. The number of rotatable bonds is 7. The monoisotopic (exact) mass is 321 g/mol. The fourth-order valence-electron chi connectivity index (χ4n) is 2.31. The van der Waals surface area contributed by atoms with Gasteiger partial charge < -0.3 is 15.2 Å². The zero-order valence-corrected chi connectivity index (χ0v) is 13.2. The lowest BCUT2D eigenvalue weighted by molar-refractivity contribution is -0.120. The second kappa shape index (κ2) is 7.92. The second-order valence-electron chi connectivity index (χ2n) is 5.29. The predicted molar refractivity (Wildman–Crippen MR) is 93.0 cm³/mol. The van der Waals surface area contributed by atoms with Crippen molar-refractivity contribution in [3.8, 4) is 5.82 Å². The highest BCUT2D eigenvalue weighted by Gasteiger charge is 2.03. The maximum absolute atomic E-state index is 11.9. The van der Waals surface area contributed by atoms with Crippen LogP contribution in [0, 0.1) is 0 Å². The molecule has 2 N–H and O–H groups in total. The van der Waals surface area contributed by atoms with E-state index in [-0.39, 0.29) is 5.91 Å². The van der Waals surface area contributed by atoms with Crippen molar-refractivity contribution in [2.45, 2.75) is 6.42 Å². The average Bonchev–Trinajstić information content (AvgIpc) is 3.15. The number of nitrogens with zero attached hydrogens (tertiary/aromatic N) is 3. The zero-order chi connectivity index (χ0) is 16.6. The molecule has 1 aromatic carbocycles. The van der Waals surface area contributed by atoms with Crippen molar-refractivity contribution in [3.63, 3.8) is 0 Å². The van der Waals surface area contributed by atoms with Gasteiger partial charge in [-0.25, -0.2) is 9.97 Å². The van der Waals surface area contributed by atoms with Gasteiger partial charge in [0.25, 0.3) is 0 Å². The van der Waals surface area contributed by atoms with E-state index in [1.165, 1.54) is 6.33 Å². The third-order valence-corrected chi connectivity index (χ3v) is 3.48. The molecule has 3 aromatic rings. The third kappa shape index (κ3) is 4.42. The molecule has 6 heteroatoms. The van der Waals surface area contributed by atoms with Crippen molar-refractivity contribution in [2.24, 2.45) is 0 Å². The molecule has 3 rings (SSSR count). The van der Waals surface area contributed by atoms with Crippen molar-refractivity contribution in [1.82, 2.24) is 19.9 Å². The Morgan fingerprint density at radius 2 is 1.79 bits per heavy atom. The van der Waals surface area contributed by atoms with Crippen LogP contribution in [0.2, 0.25) is 0 Å². The summed E-state index contributed by atoms with van der Waals surface area (Å²) in [5, 5.41) is 6.08. The molecule has 6 nitrogen and oxygen atoms in total. The molecule has 0 spiro atoms. The van der Waals surface area contributed by atoms with E-state index < -0.39 is 0 Å². The topological polar surface area (TPSA) is 71.8 Å². The van der Waals surface area contributed by atoms with Gasteiger partial charge in [0, 0.05) is 31.5 Å². The molecular formula is C18H19N5O. The van der Waals surface area contributed by atoms with Gasteiger partial charge >= 0.3 is 0 Å². The molecule has 0 fully saturated rings. The highest BCUT2D eigenvalue weighted by molar-refractivity contribution is 5.78. The van der Waals surface area contributed by atoms with Gasteiger partial charge in [-0.2, -0.15) is 0 Å². The van der Waals surface area contributed by atoms with Gasteiger partial charge in [0.1, 0.15) is 18.0 Å². The van der Waals surface area contributed by atoms with Crippen LogP contribution in [0.3, 0.4) is 0 Å². The predicted octanol–water partition coefficient (Wildman–Crippen LogP) is 2.04. The minimum absolute atomic E-state index is 0.0127. The first kappa shape index (κ1) is 15.7. The molecule has 0 atom stereocenters. The molecule has 0 aliphatic heterocycles. The molecule has 2 heterocycles. The van der Waals surface area contributed by atoms with Gasteiger partial charge in [0.05, 0.1) is 6.42 Å². The van der Waals surface area contributed by atoms with E-state index in [2.05, 4.69) is 20.6 Å². The Morgan fingerprint density at radius 3 is 2.58 bits per heavy atom. The van der Waals surface area contributed by atoms with E-state index in [1.807, 2.05) is 65.5 Å². The first-order valence-corrected chi connectivity index (χ1v) is 7.81. The van der Waals surface area contributed by atoms with E-state index in [4.69, 9.17) is 0 Å². The van der Waals surface area contributed by atoms with Gasteiger partial charge in [0.2, 0.25) is 5.91 Å². The Kier molecular flexibility index (Phi) is 5.19. The van der Waals surface area contributed by atoms with E-state index in [0.29, 0.717) is 19.5 Å². The molecular weight excluding hydrogens is 302 g/mol. The van der Waals surface area contributed by atoms with E-state index >= 15 is 0 Å². The van der Waals surface area contributed by atoms with Crippen LogP contribution >= 0.6 is 0 Å². The Hall–Kier alpha value is -3.15. The van der Waals surface area contributed by atoms with E-state index in [9.17, 15) is 4.79 Å². The normalized spacial score (nSPS) is 10.3. The quantitative estimate of drug-likeness (QED) is 0.653. The fourth-order valence-corrected chi connectivity index (χ4v) is 2.31. The third-order valence-electron chi connectivity index (χ3n) is 3.48. The second-order valence-corrected chi connectivity index (χ2v) is 5.29. The zero-order valence-electron chi connectivity index (χ0n) is 13.2. The summed E-state index contributed by atoms with van der Waals surface area (Å²) in [5.41, 5.74) is 1.01. The Labute approximate surface area is 140 Å². The van der Waals surface area contributed by atoms with Crippen LogP contribution in [0.25, 0.3) is 5.82 Å². The van der Waals surface area contributed by atoms with Crippen LogP contribution in [-0.4, -0.2) is 33.5 Å². The molecule has 0 saturated carbocycles. The summed E-state index contributed by atoms with van der Waals surface area (Å²) in [7, 11) is 0. The minimum Gasteiger partial charge on any atom is -0.368 e. The largest absolute Gasteiger partial charge is 0.368 e. The van der Waals surface area contributed by atoms with E-state index in [0.717, 1.165) is 17.2 Å². The lowest BCUT2D eigenvalue weighted by atomic mass is 10.1. The number of nitrogens with one attached hydrogen (secondary N) is 2. The average molecular weight is 321 g/mol. The summed E-state index contributed by atoms with van der Waals surface area (Å²) >= 11 is 0. The van der Waals surface area contributed by atoms with Crippen molar-refractivity contribution in [2.75, 3.05) is 18.4 Å². The molecule has 0 aliphatic carbocycles. The van der Waals surface area contributed by atoms with Crippen LogP contribution in [-0.2, 0) is 11.2 Å². The van der Waals surface area contributed by atoms with Gasteiger partial charge in [-0.05, 0) is 17.7 Å². The van der Waals surface area contributed by atoms with Gasteiger partial charge in [0.15, 0.2) is 0 Å². The lowest BCUT2D eigenvalue weighted by Gasteiger charge is -2.09. The molecule has 1 amide bonds. The summed E-state index contributed by atoms with van der Waals surface area (Å²) in [6.07, 6.45) is 5.77. The van der Waals surface area contributed by atoms with Crippen LogP contribution < -0.4 is 10.6 Å². The van der Waals surface area contributed by atoms with Crippen molar-refractivity contribution in [1.29, 1.82) is 0 Å². The lowest BCUT2D eigenvalue weighted by Crippen LogP contribution is -2.30. The van der Waals surface area contributed by atoms with Crippen LogP contribution in [0.1, 0.15) is 5.56 Å². The number of hydrogen-bond acceptors (Lipinski definition) is 4. The number of benzene rings is 1. The summed E-state index contributed by atoms with van der Waals surface area (Å²) < 4.78 is 1.91. The van der Waals surface area contributed by atoms with Crippen LogP contribution in [0.4, 0.5) is 5.82 Å². The maximum atomic E-state index is 11.9. The maximum Gasteiger partial charge on any atom is 0.224 e. The number of amides is 1. The number of carbonyl (C=O) groups is 1. The van der Waals surface area contributed by atoms with Crippen molar-refractivity contribution < 1.29 is 4.79 Å². The SMILES string of the molecule is O=C(Cc1ccccc1)NCCNc1cc(-n2cccc2)ncn1.